The second kappa shape index (κ2) is 13.7. The zero-order valence-electron chi connectivity index (χ0n) is 25.5. The Kier molecular flexibility index (Phi) is 9.34. The van der Waals surface area contributed by atoms with E-state index in [1.165, 1.54) is 5.56 Å². The Bertz CT molecular complexity index is 1670. The van der Waals surface area contributed by atoms with Crippen molar-refractivity contribution in [1.82, 2.24) is 19.4 Å². The lowest BCUT2D eigenvalue weighted by Gasteiger charge is -2.34. The molecule has 5 aromatic rings. The lowest BCUT2D eigenvalue weighted by Crippen LogP contribution is -2.40. The summed E-state index contributed by atoms with van der Waals surface area (Å²) in [5.74, 6) is 3.00. The second-order valence-corrected chi connectivity index (χ2v) is 12.3. The molecule has 0 bridgehead atoms. The molecule has 7 nitrogen and oxygen atoms in total. The molecule has 3 heterocycles. The van der Waals surface area contributed by atoms with Crippen LogP contribution < -0.4 is 5.32 Å². The first kappa shape index (κ1) is 30.0. The molecule has 1 saturated heterocycles. The number of likely N-dealkylation sites (N-methyl/N-ethyl adjacent to an activating group) is 1. The zero-order valence-corrected chi connectivity index (χ0v) is 26.2. The Hall–Kier alpha value is -4.07. The van der Waals surface area contributed by atoms with Crippen LogP contribution in [0.3, 0.4) is 0 Å². The largest absolute Gasteiger partial charge is 0.464 e. The number of amides is 1. The molecule has 8 heteroatoms. The number of para-hydroxylation sites is 2. The number of piperidine rings is 1. The standard InChI is InChI=1S/C36H40ClN5O2/c1-26-12-17-32(44-26)25-42-34-11-7-6-10-33(34)39-36(42)38-31-19-22-41(23-20-31)21-18-29(27-13-15-30(37)16-14-27)24-40(2)35(43)28-8-4-3-5-9-28/h3-17,29,31H,18-25H2,1-2H3,(H,38,39). The van der Waals surface area contributed by atoms with Crippen LogP contribution in [0.1, 0.15) is 52.6 Å². The van der Waals surface area contributed by atoms with Crippen molar-refractivity contribution in [2.75, 3.05) is 38.5 Å². The number of aryl methyl sites for hydroxylation is 1. The predicted molar refractivity (Wildman–Crippen MR) is 178 cm³/mol. The minimum absolute atomic E-state index is 0.0460. The summed E-state index contributed by atoms with van der Waals surface area (Å²) in [6, 6.07) is 30.3. The first-order valence-corrected chi connectivity index (χ1v) is 15.9. The molecule has 0 saturated carbocycles. The van der Waals surface area contributed by atoms with E-state index in [4.69, 9.17) is 21.0 Å². The summed E-state index contributed by atoms with van der Waals surface area (Å²) in [7, 11) is 1.90. The van der Waals surface area contributed by atoms with Crippen LogP contribution in [0.15, 0.2) is 95.4 Å². The van der Waals surface area contributed by atoms with Crippen molar-refractivity contribution in [2.45, 2.75) is 44.7 Å². The van der Waals surface area contributed by atoms with Crippen molar-refractivity contribution < 1.29 is 9.21 Å². The van der Waals surface area contributed by atoms with Gasteiger partial charge < -0.3 is 24.1 Å². The molecule has 1 N–H and O–H groups in total. The number of fused-ring (bicyclic) bond motifs is 1. The van der Waals surface area contributed by atoms with Crippen molar-refractivity contribution in [1.29, 1.82) is 0 Å². The fourth-order valence-corrected chi connectivity index (χ4v) is 6.33. The van der Waals surface area contributed by atoms with Gasteiger partial charge in [0.05, 0.1) is 17.6 Å². The smallest absolute Gasteiger partial charge is 0.253 e. The molecule has 1 atom stereocenters. The molecule has 2 aromatic heterocycles. The van der Waals surface area contributed by atoms with E-state index in [0.29, 0.717) is 24.7 Å². The van der Waals surface area contributed by atoms with Crippen LogP contribution in [0.25, 0.3) is 11.0 Å². The first-order chi connectivity index (χ1) is 21.4. The number of furan rings is 1. The first-order valence-electron chi connectivity index (χ1n) is 15.5. The molecule has 1 fully saturated rings. The molecular formula is C36H40ClN5O2. The van der Waals surface area contributed by atoms with E-state index in [0.717, 1.165) is 72.4 Å². The molecule has 1 unspecified atom stereocenters. The van der Waals surface area contributed by atoms with Crippen molar-refractivity contribution in [3.8, 4) is 0 Å². The van der Waals surface area contributed by atoms with Gasteiger partial charge >= 0.3 is 0 Å². The summed E-state index contributed by atoms with van der Waals surface area (Å²) in [6.07, 6.45) is 3.05. The maximum atomic E-state index is 13.1. The molecule has 0 spiro atoms. The third-order valence-electron chi connectivity index (χ3n) is 8.68. The van der Waals surface area contributed by atoms with Gasteiger partial charge in [-0.15, -0.1) is 0 Å². The Morgan fingerprint density at radius 1 is 1.00 bits per heavy atom. The van der Waals surface area contributed by atoms with Crippen LogP contribution in [-0.4, -0.2) is 64.5 Å². The van der Waals surface area contributed by atoms with Crippen LogP contribution in [0.2, 0.25) is 5.02 Å². The van der Waals surface area contributed by atoms with Crippen LogP contribution in [0.4, 0.5) is 5.95 Å². The third kappa shape index (κ3) is 7.17. The Labute approximate surface area is 264 Å². The number of hydrogen-bond donors (Lipinski definition) is 1. The molecule has 6 rings (SSSR count). The van der Waals surface area contributed by atoms with Crippen molar-refractivity contribution >= 4 is 34.5 Å². The van der Waals surface area contributed by atoms with E-state index in [1.54, 1.807) is 0 Å². The molecule has 3 aromatic carbocycles. The summed E-state index contributed by atoms with van der Waals surface area (Å²) >= 11 is 6.21. The number of aromatic nitrogens is 2. The zero-order chi connectivity index (χ0) is 30.5. The van der Waals surface area contributed by atoms with Gasteiger partial charge in [0.1, 0.15) is 11.5 Å². The quantitative estimate of drug-likeness (QED) is 0.168. The van der Waals surface area contributed by atoms with Crippen LogP contribution >= 0.6 is 11.6 Å². The van der Waals surface area contributed by atoms with Gasteiger partial charge in [-0.1, -0.05) is 54.1 Å². The Morgan fingerprint density at radius 3 is 2.45 bits per heavy atom. The average molecular weight is 610 g/mol. The number of benzene rings is 3. The maximum absolute atomic E-state index is 13.1. The highest BCUT2D eigenvalue weighted by Crippen LogP contribution is 2.27. The number of halogens is 1. The van der Waals surface area contributed by atoms with E-state index in [9.17, 15) is 4.79 Å². The predicted octanol–water partition coefficient (Wildman–Crippen LogP) is 7.46. The van der Waals surface area contributed by atoms with Gasteiger partial charge in [0.2, 0.25) is 5.95 Å². The van der Waals surface area contributed by atoms with Crippen LogP contribution in [-0.2, 0) is 6.54 Å². The fourth-order valence-electron chi connectivity index (χ4n) is 6.21. The van der Waals surface area contributed by atoms with Gasteiger partial charge in [0.15, 0.2) is 0 Å². The molecule has 0 aliphatic carbocycles. The number of carbonyl (C=O) groups is 1. The van der Waals surface area contributed by atoms with Gasteiger partial charge in [0, 0.05) is 49.2 Å². The molecule has 1 amide bonds. The highest BCUT2D eigenvalue weighted by molar-refractivity contribution is 6.30. The highest BCUT2D eigenvalue weighted by Gasteiger charge is 2.24. The summed E-state index contributed by atoms with van der Waals surface area (Å²) < 4.78 is 8.12. The summed E-state index contributed by atoms with van der Waals surface area (Å²) in [5.41, 5.74) is 4.02. The number of carbonyl (C=O) groups excluding carboxylic acids is 1. The molecule has 228 valence electrons. The van der Waals surface area contributed by atoms with E-state index in [-0.39, 0.29) is 11.8 Å². The van der Waals surface area contributed by atoms with E-state index in [2.05, 4.69) is 45.1 Å². The monoisotopic (exact) mass is 609 g/mol. The van der Waals surface area contributed by atoms with Gasteiger partial charge in [-0.3, -0.25) is 4.79 Å². The normalized spacial score (nSPS) is 15.0. The van der Waals surface area contributed by atoms with Crippen LogP contribution in [0.5, 0.6) is 0 Å². The number of likely N-dealkylation sites (tertiary alicyclic amines) is 1. The lowest BCUT2D eigenvalue weighted by atomic mass is 9.94. The van der Waals surface area contributed by atoms with Gasteiger partial charge in [-0.05, 0) is 86.8 Å². The number of nitrogens with zero attached hydrogens (tertiary/aromatic N) is 4. The molecular weight excluding hydrogens is 570 g/mol. The van der Waals surface area contributed by atoms with Gasteiger partial charge in [-0.25, -0.2) is 4.98 Å². The lowest BCUT2D eigenvalue weighted by molar-refractivity contribution is 0.0782. The van der Waals surface area contributed by atoms with E-state index < -0.39 is 0 Å². The Balaban J connectivity index is 1.08. The number of hydrogen-bond acceptors (Lipinski definition) is 5. The highest BCUT2D eigenvalue weighted by atomic mass is 35.5. The minimum Gasteiger partial charge on any atom is -0.464 e. The summed E-state index contributed by atoms with van der Waals surface area (Å²) in [6.45, 7) is 6.27. The summed E-state index contributed by atoms with van der Waals surface area (Å²) in [4.78, 5) is 22.5. The minimum atomic E-state index is 0.0460. The van der Waals surface area contributed by atoms with Crippen molar-refractivity contribution in [3.63, 3.8) is 0 Å². The number of imidazole rings is 1. The number of rotatable bonds is 11. The van der Waals surface area contributed by atoms with E-state index in [1.807, 2.05) is 79.5 Å². The molecule has 44 heavy (non-hydrogen) atoms. The van der Waals surface area contributed by atoms with Crippen molar-refractivity contribution in [2.24, 2.45) is 0 Å². The summed E-state index contributed by atoms with van der Waals surface area (Å²) in [5, 5.41) is 4.49. The van der Waals surface area contributed by atoms with Crippen LogP contribution in [0, 0.1) is 6.92 Å². The maximum Gasteiger partial charge on any atom is 0.253 e. The van der Waals surface area contributed by atoms with Crippen molar-refractivity contribution in [3.05, 3.63) is 119 Å². The number of nitrogens with one attached hydrogen (secondary N) is 1. The molecule has 0 radical (unpaired) electrons. The average Bonchev–Trinajstić information content (AvgIpc) is 3.62. The SMILES string of the molecule is Cc1ccc(Cn2c(NC3CCN(CCC(CN(C)C(=O)c4ccccc4)c4ccc(Cl)cc4)CC3)nc3ccccc32)o1. The van der Waals surface area contributed by atoms with E-state index >= 15 is 0 Å². The Morgan fingerprint density at radius 2 is 1.73 bits per heavy atom. The van der Waals surface area contributed by atoms with Gasteiger partial charge in [0.25, 0.3) is 5.91 Å². The van der Waals surface area contributed by atoms with Gasteiger partial charge in [-0.2, -0.15) is 0 Å². The molecule has 1 aliphatic rings. The fraction of sp³-hybridized carbons (Fsp3) is 0.333. The third-order valence-corrected chi connectivity index (χ3v) is 8.93. The molecule has 1 aliphatic heterocycles. The topological polar surface area (TPSA) is 66.5 Å². The second-order valence-electron chi connectivity index (χ2n) is 11.9. The number of anilines is 1.